The van der Waals surface area contributed by atoms with Crippen LogP contribution in [0.4, 0.5) is 0 Å². The van der Waals surface area contributed by atoms with E-state index in [1.165, 1.54) is 7.11 Å². The molecule has 0 bridgehead atoms. The molecule has 1 aromatic carbocycles. The zero-order chi connectivity index (χ0) is 17.5. The highest BCUT2D eigenvalue weighted by Crippen LogP contribution is 2.37. The molecular weight excluding hydrogens is 311 g/mol. The fraction of sp³-hybridized carbons (Fsp3) is 0.588. The van der Waals surface area contributed by atoms with E-state index in [1.807, 2.05) is 33.8 Å². The Morgan fingerprint density at radius 2 is 1.71 bits per heavy atom. The first-order valence-corrected chi connectivity index (χ1v) is 8.07. The lowest BCUT2D eigenvalue weighted by Gasteiger charge is -2.32. The van der Waals surface area contributed by atoms with Crippen LogP contribution in [0.15, 0.2) is 18.2 Å². The Hall–Kier alpha value is -1.41. The molecule has 7 heteroatoms. The zero-order valence-corrected chi connectivity index (χ0v) is 14.8. The molecule has 0 aromatic heterocycles. The van der Waals surface area contributed by atoms with Crippen LogP contribution in [-0.2, 0) is 23.5 Å². The van der Waals surface area contributed by atoms with Crippen LogP contribution >= 0.6 is 0 Å². The van der Waals surface area contributed by atoms with Crippen molar-refractivity contribution in [2.24, 2.45) is 0 Å². The Balaban J connectivity index is 2.09. The molecule has 0 spiro atoms. The van der Waals surface area contributed by atoms with Crippen LogP contribution in [0.2, 0.25) is 0 Å². The molecule has 2 aliphatic heterocycles. The van der Waals surface area contributed by atoms with Gasteiger partial charge in [-0.15, -0.1) is 0 Å². The van der Waals surface area contributed by atoms with Gasteiger partial charge in [-0.05, 0) is 33.8 Å². The largest absolute Gasteiger partial charge is 0.496 e. The molecule has 0 aliphatic carbocycles. The summed E-state index contributed by atoms with van der Waals surface area (Å²) in [6, 6.07) is 5.34. The van der Waals surface area contributed by atoms with Gasteiger partial charge in [0.2, 0.25) is 0 Å². The number of ether oxygens (including phenoxy) is 3. The van der Waals surface area contributed by atoms with Crippen molar-refractivity contribution < 1.29 is 28.3 Å². The molecule has 0 atom stereocenters. The summed E-state index contributed by atoms with van der Waals surface area (Å²) in [7, 11) is 0.652. The highest BCUT2D eigenvalue weighted by Gasteiger charge is 2.53. The number of methoxy groups -OCH3 is 1. The fourth-order valence-electron chi connectivity index (χ4n) is 2.84. The summed E-state index contributed by atoms with van der Waals surface area (Å²) < 4.78 is 28.5. The summed E-state index contributed by atoms with van der Waals surface area (Å²) in [5.41, 5.74) is 0.696. The molecule has 2 saturated heterocycles. The highest BCUT2D eigenvalue weighted by molar-refractivity contribution is 6.64. The van der Waals surface area contributed by atoms with Gasteiger partial charge in [0.25, 0.3) is 0 Å². The van der Waals surface area contributed by atoms with Gasteiger partial charge in [-0.25, -0.2) is 4.79 Å². The first-order valence-electron chi connectivity index (χ1n) is 8.07. The van der Waals surface area contributed by atoms with Crippen molar-refractivity contribution in [1.82, 2.24) is 0 Å². The topological polar surface area (TPSA) is 63.2 Å². The molecule has 0 amide bonds. The van der Waals surface area contributed by atoms with Gasteiger partial charge < -0.3 is 23.5 Å². The predicted octanol–water partition coefficient (Wildman–Crippen LogP) is 1.82. The molecule has 3 rings (SSSR count). The van der Waals surface area contributed by atoms with Crippen LogP contribution in [0.5, 0.6) is 0 Å². The second-order valence-electron chi connectivity index (χ2n) is 6.96. The van der Waals surface area contributed by atoms with Crippen molar-refractivity contribution in [2.45, 2.75) is 45.2 Å². The van der Waals surface area contributed by atoms with E-state index in [1.54, 1.807) is 12.1 Å². The lowest BCUT2D eigenvalue weighted by atomic mass is 9.72. The minimum absolute atomic E-state index is 0.396. The third-order valence-corrected chi connectivity index (χ3v) is 4.91. The van der Waals surface area contributed by atoms with E-state index < -0.39 is 30.6 Å². The quantitative estimate of drug-likeness (QED) is 0.621. The minimum atomic E-state index is -0.701. The highest BCUT2D eigenvalue weighted by atomic mass is 16.7. The third-order valence-electron chi connectivity index (χ3n) is 4.91. The van der Waals surface area contributed by atoms with Gasteiger partial charge in [0, 0.05) is 11.0 Å². The number of hydrogen-bond donors (Lipinski definition) is 0. The van der Waals surface area contributed by atoms with Crippen molar-refractivity contribution in [3.8, 4) is 0 Å². The Morgan fingerprint density at radius 3 is 2.25 bits per heavy atom. The predicted molar refractivity (Wildman–Crippen MR) is 88.1 cm³/mol. The number of carbonyl (C=O) groups excluding carboxylic acids is 1. The van der Waals surface area contributed by atoms with Crippen LogP contribution in [-0.4, -0.2) is 44.6 Å². The van der Waals surface area contributed by atoms with Gasteiger partial charge >= 0.3 is 13.1 Å². The molecular formula is C17H23BO6. The van der Waals surface area contributed by atoms with Gasteiger partial charge in [-0.2, -0.15) is 0 Å². The van der Waals surface area contributed by atoms with E-state index >= 15 is 0 Å². The molecule has 1 aromatic rings. The van der Waals surface area contributed by atoms with Crippen molar-refractivity contribution in [1.29, 1.82) is 0 Å². The van der Waals surface area contributed by atoms with Gasteiger partial charge in [0.05, 0.1) is 37.1 Å². The number of esters is 1. The maximum atomic E-state index is 12.3. The molecule has 2 aliphatic rings. The SMILES string of the molecule is COC(=O)c1cccc(C2OCCO2)c1B1OC(C)(C)C(C)(C)O1. The minimum Gasteiger partial charge on any atom is -0.465 e. The zero-order valence-electron chi connectivity index (χ0n) is 14.8. The first-order chi connectivity index (χ1) is 11.3. The summed E-state index contributed by atoms with van der Waals surface area (Å²) in [5, 5.41) is 0. The summed E-state index contributed by atoms with van der Waals surface area (Å²) in [6.07, 6.45) is -0.538. The van der Waals surface area contributed by atoms with Gasteiger partial charge in [-0.3, -0.25) is 0 Å². The van der Waals surface area contributed by atoms with Crippen LogP contribution in [0.25, 0.3) is 0 Å². The van der Waals surface area contributed by atoms with Crippen molar-refractivity contribution in [2.75, 3.05) is 20.3 Å². The molecule has 2 fully saturated rings. The number of rotatable bonds is 3. The molecule has 0 unspecified atom stereocenters. The molecule has 24 heavy (non-hydrogen) atoms. The average Bonchev–Trinajstić information content (AvgIpc) is 3.12. The van der Waals surface area contributed by atoms with E-state index in [0.29, 0.717) is 24.2 Å². The van der Waals surface area contributed by atoms with Crippen molar-refractivity contribution >= 4 is 18.6 Å². The summed E-state index contributed by atoms with van der Waals surface area (Å²) in [5.74, 6) is -0.445. The molecule has 0 N–H and O–H groups in total. The maximum Gasteiger partial charge on any atom is 0.496 e. The van der Waals surface area contributed by atoms with Gasteiger partial charge in [0.1, 0.15) is 0 Å². The Labute approximate surface area is 142 Å². The number of hydrogen-bond acceptors (Lipinski definition) is 6. The lowest BCUT2D eigenvalue weighted by Crippen LogP contribution is -2.41. The molecule has 6 nitrogen and oxygen atoms in total. The van der Waals surface area contributed by atoms with Crippen LogP contribution in [0, 0.1) is 0 Å². The van der Waals surface area contributed by atoms with E-state index in [4.69, 9.17) is 23.5 Å². The molecule has 0 radical (unpaired) electrons. The third kappa shape index (κ3) is 2.86. The average molecular weight is 334 g/mol. The molecule has 130 valence electrons. The van der Waals surface area contributed by atoms with Crippen LogP contribution < -0.4 is 5.46 Å². The van der Waals surface area contributed by atoms with Gasteiger partial charge in [0.15, 0.2) is 6.29 Å². The van der Waals surface area contributed by atoms with Crippen LogP contribution in [0.1, 0.15) is 49.9 Å². The lowest BCUT2D eigenvalue weighted by molar-refractivity contribution is -0.0435. The first kappa shape index (κ1) is 17.4. The Morgan fingerprint density at radius 1 is 1.12 bits per heavy atom. The standard InChI is InChI=1S/C17H23BO6/c1-16(2)17(3,4)24-18(23-16)13-11(14(19)20-5)7-6-8-12(13)15-21-9-10-22-15/h6-8,15H,9-10H2,1-5H3. The number of carbonyl (C=O) groups is 1. The van der Waals surface area contributed by atoms with E-state index in [2.05, 4.69) is 0 Å². The Kier molecular flexibility index (Phi) is 4.46. The van der Waals surface area contributed by atoms with E-state index in [-0.39, 0.29) is 0 Å². The molecule has 2 heterocycles. The molecule has 0 saturated carbocycles. The smallest absolute Gasteiger partial charge is 0.465 e. The van der Waals surface area contributed by atoms with E-state index in [0.717, 1.165) is 5.56 Å². The summed E-state index contributed by atoms with van der Waals surface area (Å²) in [6.45, 7) is 8.89. The second kappa shape index (κ2) is 6.15. The maximum absolute atomic E-state index is 12.3. The Bertz CT molecular complexity index is 620. The van der Waals surface area contributed by atoms with Crippen molar-refractivity contribution in [3.63, 3.8) is 0 Å². The fourth-order valence-corrected chi connectivity index (χ4v) is 2.84. The summed E-state index contributed by atoms with van der Waals surface area (Å²) in [4.78, 5) is 12.3. The van der Waals surface area contributed by atoms with Crippen LogP contribution in [0.3, 0.4) is 0 Å². The number of benzene rings is 1. The summed E-state index contributed by atoms with van der Waals surface area (Å²) >= 11 is 0. The van der Waals surface area contributed by atoms with Crippen molar-refractivity contribution in [3.05, 3.63) is 29.3 Å². The monoisotopic (exact) mass is 334 g/mol. The second-order valence-corrected chi connectivity index (χ2v) is 6.96. The van der Waals surface area contributed by atoms with E-state index in [9.17, 15) is 4.79 Å². The van der Waals surface area contributed by atoms with Gasteiger partial charge in [-0.1, -0.05) is 12.1 Å². The normalized spacial score (nSPS) is 22.8.